The minimum absolute atomic E-state index is 0.697. The molecule has 2 aromatic carbocycles. The van der Waals surface area contributed by atoms with Crippen LogP contribution in [0.3, 0.4) is 0 Å². The number of nitrogens with one attached hydrogen (secondary N) is 2. The Morgan fingerprint density at radius 3 is 2.81 bits per heavy atom. The van der Waals surface area contributed by atoms with Gasteiger partial charge in [-0.15, -0.1) is 0 Å². The predicted molar refractivity (Wildman–Crippen MR) is 86.1 cm³/mol. The van der Waals surface area contributed by atoms with Crippen LogP contribution in [0.15, 0.2) is 55.0 Å². The molecule has 2 aromatic heterocycles. The first-order valence-electron chi connectivity index (χ1n) is 6.54. The molecule has 0 amide bonds. The molecule has 0 aliphatic carbocycles. The SMILES string of the molecule is Clc1ccc2nccc(Nc3ccc4nc[nH]c4c3)c2c1. The highest BCUT2D eigenvalue weighted by Gasteiger charge is 2.04. The average Bonchev–Trinajstić information content (AvgIpc) is 2.95. The second-order valence-corrected chi connectivity index (χ2v) is 5.22. The first-order valence-corrected chi connectivity index (χ1v) is 6.92. The van der Waals surface area contributed by atoms with Gasteiger partial charge in [0.1, 0.15) is 0 Å². The van der Waals surface area contributed by atoms with E-state index in [1.165, 1.54) is 0 Å². The molecule has 2 heterocycles. The van der Waals surface area contributed by atoms with Gasteiger partial charge in [-0.1, -0.05) is 11.6 Å². The number of aromatic nitrogens is 3. The molecule has 0 aliphatic rings. The molecule has 0 saturated carbocycles. The quantitative estimate of drug-likeness (QED) is 0.572. The molecule has 4 aromatic rings. The van der Waals surface area contributed by atoms with E-state index in [9.17, 15) is 0 Å². The highest BCUT2D eigenvalue weighted by atomic mass is 35.5. The van der Waals surface area contributed by atoms with Crippen LogP contribution in [0.25, 0.3) is 21.9 Å². The molecule has 5 heteroatoms. The topological polar surface area (TPSA) is 53.6 Å². The second-order valence-electron chi connectivity index (χ2n) is 4.78. The maximum absolute atomic E-state index is 6.09. The van der Waals surface area contributed by atoms with E-state index in [0.29, 0.717) is 5.02 Å². The fraction of sp³-hybridized carbons (Fsp3) is 0. The first-order chi connectivity index (χ1) is 10.3. The fourth-order valence-electron chi connectivity index (χ4n) is 2.40. The van der Waals surface area contributed by atoms with Gasteiger partial charge >= 0.3 is 0 Å². The normalized spacial score (nSPS) is 11.1. The third-order valence-electron chi connectivity index (χ3n) is 3.40. The Labute approximate surface area is 125 Å². The van der Waals surface area contributed by atoms with Gasteiger partial charge in [-0.05, 0) is 42.5 Å². The number of anilines is 2. The van der Waals surface area contributed by atoms with Crippen LogP contribution in [-0.4, -0.2) is 15.0 Å². The number of hydrogen-bond acceptors (Lipinski definition) is 3. The molecular formula is C16H11ClN4. The van der Waals surface area contributed by atoms with Gasteiger partial charge in [0.15, 0.2) is 0 Å². The lowest BCUT2D eigenvalue weighted by Gasteiger charge is -2.09. The lowest BCUT2D eigenvalue weighted by Crippen LogP contribution is -1.92. The summed E-state index contributed by atoms with van der Waals surface area (Å²) in [7, 11) is 0. The lowest BCUT2D eigenvalue weighted by molar-refractivity contribution is 1.34. The Balaban J connectivity index is 1.81. The summed E-state index contributed by atoms with van der Waals surface area (Å²) in [4.78, 5) is 11.7. The van der Waals surface area contributed by atoms with Gasteiger partial charge < -0.3 is 10.3 Å². The van der Waals surface area contributed by atoms with Crippen LogP contribution >= 0.6 is 11.6 Å². The highest BCUT2D eigenvalue weighted by molar-refractivity contribution is 6.31. The van der Waals surface area contributed by atoms with Crippen molar-refractivity contribution in [1.82, 2.24) is 15.0 Å². The molecule has 0 unspecified atom stereocenters. The molecule has 102 valence electrons. The summed E-state index contributed by atoms with van der Waals surface area (Å²) < 4.78 is 0. The molecule has 21 heavy (non-hydrogen) atoms. The van der Waals surface area contributed by atoms with Crippen LogP contribution < -0.4 is 5.32 Å². The zero-order valence-corrected chi connectivity index (χ0v) is 11.7. The van der Waals surface area contributed by atoms with Crippen LogP contribution in [0.5, 0.6) is 0 Å². The Hall–Kier alpha value is -2.59. The van der Waals surface area contributed by atoms with E-state index in [4.69, 9.17) is 11.6 Å². The monoisotopic (exact) mass is 294 g/mol. The van der Waals surface area contributed by atoms with Crippen molar-refractivity contribution in [3.05, 3.63) is 60.0 Å². The van der Waals surface area contributed by atoms with Crippen LogP contribution in [-0.2, 0) is 0 Å². The minimum Gasteiger partial charge on any atom is -0.355 e. The maximum atomic E-state index is 6.09. The second kappa shape index (κ2) is 4.75. The highest BCUT2D eigenvalue weighted by Crippen LogP contribution is 2.28. The van der Waals surface area contributed by atoms with Crippen molar-refractivity contribution in [2.45, 2.75) is 0 Å². The number of benzene rings is 2. The van der Waals surface area contributed by atoms with Gasteiger partial charge in [0, 0.05) is 28.0 Å². The summed E-state index contributed by atoms with van der Waals surface area (Å²) in [5.74, 6) is 0. The van der Waals surface area contributed by atoms with E-state index in [-0.39, 0.29) is 0 Å². The molecule has 2 N–H and O–H groups in total. The number of imidazole rings is 1. The number of hydrogen-bond donors (Lipinski definition) is 2. The van der Waals surface area contributed by atoms with Crippen molar-refractivity contribution in [2.75, 3.05) is 5.32 Å². The van der Waals surface area contributed by atoms with Gasteiger partial charge in [0.05, 0.1) is 22.9 Å². The minimum atomic E-state index is 0.697. The molecule has 0 fully saturated rings. The van der Waals surface area contributed by atoms with E-state index in [1.807, 2.05) is 42.5 Å². The molecule has 4 rings (SSSR count). The molecular weight excluding hydrogens is 284 g/mol. The van der Waals surface area contributed by atoms with Gasteiger partial charge in [-0.25, -0.2) is 4.98 Å². The molecule has 0 bridgehead atoms. The summed E-state index contributed by atoms with van der Waals surface area (Å²) in [6, 6.07) is 13.6. The van der Waals surface area contributed by atoms with Gasteiger partial charge in [-0.2, -0.15) is 0 Å². The number of pyridine rings is 1. The predicted octanol–water partition coefficient (Wildman–Crippen LogP) is 4.51. The number of aromatic amines is 1. The Kier molecular flexibility index (Phi) is 2.75. The van der Waals surface area contributed by atoms with Crippen LogP contribution in [0, 0.1) is 0 Å². The van der Waals surface area contributed by atoms with E-state index in [1.54, 1.807) is 12.5 Å². The van der Waals surface area contributed by atoms with Crippen molar-refractivity contribution in [3.63, 3.8) is 0 Å². The third kappa shape index (κ3) is 2.19. The summed E-state index contributed by atoms with van der Waals surface area (Å²) in [6.45, 7) is 0. The standard InChI is InChI=1S/C16H11ClN4/c17-10-1-3-13-12(7-10)14(5-6-18-13)21-11-2-4-15-16(8-11)20-9-19-15/h1-9H,(H,18,21)(H,19,20). The van der Waals surface area contributed by atoms with E-state index < -0.39 is 0 Å². The van der Waals surface area contributed by atoms with Gasteiger partial charge in [0.2, 0.25) is 0 Å². The van der Waals surface area contributed by atoms with Crippen molar-refractivity contribution < 1.29 is 0 Å². The van der Waals surface area contributed by atoms with Crippen LogP contribution in [0.2, 0.25) is 5.02 Å². The number of rotatable bonds is 2. The lowest BCUT2D eigenvalue weighted by atomic mass is 10.1. The molecule has 0 aliphatic heterocycles. The molecule has 4 nitrogen and oxygen atoms in total. The fourth-order valence-corrected chi connectivity index (χ4v) is 2.57. The maximum Gasteiger partial charge on any atom is 0.0931 e. The first kappa shape index (κ1) is 12.2. The molecule has 0 atom stereocenters. The zero-order valence-electron chi connectivity index (χ0n) is 11.0. The Morgan fingerprint density at radius 2 is 1.86 bits per heavy atom. The number of H-pyrrole nitrogens is 1. The number of fused-ring (bicyclic) bond motifs is 2. The molecule has 0 saturated heterocycles. The largest absolute Gasteiger partial charge is 0.355 e. The third-order valence-corrected chi connectivity index (χ3v) is 3.64. The van der Waals surface area contributed by atoms with E-state index >= 15 is 0 Å². The summed E-state index contributed by atoms with van der Waals surface area (Å²) in [5.41, 5.74) is 4.81. The van der Waals surface area contributed by atoms with Crippen LogP contribution in [0.1, 0.15) is 0 Å². The summed E-state index contributed by atoms with van der Waals surface area (Å²) >= 11 is 6.09. The smallest absolute Gasteiger partial charge is 0.0931 e. The van der Waals surface area contributed by atoms with E-state index in [2.05, 4.69) is 20.3 Å². The Morgan fingerprint density at radius 1 is 0.952 bits per heavy atom. The number of halogens is 1. The van der Waals surface area contributed by atoms with Crippen molar-refractivity contribution in [1.29, 1.82) is 0 Å². The van der Waals surface area contributed by atoms with Crippen molar-refractivity contribution >= 4 is 44.9 Å². The number of nitrogens with zero attached hydrogens (tertiary/aromatic N) is 2. The summed E-state index contributed by atoms with van der Waals surface area (Å²) in [6.07, 6.45) is 3.48. The van der Waals surface area contributed by atoms with Gasteiger partial charge in [0.25, 0.3) is 0 Å². The molecule has 0 spiro atoms. The zero-order chi connectivity index (χ0) is 14.2. The van der Waals surface area contributed by atoms with Crippen molar-refractivity contribution in [3.8, 4) is 0 Å². The molecule has 0 radical (unpaired) electrons. The Bertz CT molecular complexity index is 945. The van der Waals surface area contributed by atoms with E-state index in [0.717, 1.165) is 33.3 Å². The average molecular weight is 295 g/mol. The van der Waals surface area contributed by atoms with Crippen molar-refractivity contribution in [2.24, 2.45) is 0 Å². The summed E-state index contributed by atoms with van der Waals surface area (Å²) in [5, 5.41) is 5.10. The van der Waals surface area contributed by atoms with Crippen LogP contribution in [0.4, 0.5) is 11.4 Å². The van der Waals surface area contributed by atoms with Gasteiger partial charge in [-0.3, -0.25) is 4.98 Å².